The summed E-state index contributed by atoms with van der Waals surface area (Å²) in [7, 11) is 0. The van der Waals surface area contributed by atoms with Crippen molar-refractivity contribution in [3.8, 4) is 22.6 Å². The minimum atomic E-state index is -0.535. The molecule has 4 aromatic rings. The Morgan fingerprint density at radius 3 is 2.23 bits per heavy atom. The van der Waals surface area contributed by atoms with Crippen LogP contribution in [-0.4, -0.2) is 22.6 Å². The van der Waals surface area contributed by atoms with E-state index >= 15 is 0 Å². The van der Waals surface area contributed by atoms with Gasteiger partial charge >= 0.3 is 5.91 Å². The molecule has 0 bridgehead atoms. The van der Waals surface area contributed by atoms with Gasteiger partial charge < -0.3 is 8.83 Å². The standard InChI is InChI=1S/C22H17N3O4S/c26-18(24-25-21(27)17-12-7-13-28-17)14-30-22-23-19(15-8-3-1-4-9-15)20(29-22)16-10-5-2-6-11-16/h1-13H,14H2,(H,24,26)(H,25,27). The first-order valence-electron chi connectivity index (χ1n) is 9.08. The molecule has 0 radical (unpaired) electrons. The second-order valence-electron chi connectivity index (χ2n) is 6.16. The molecule has 0 atom stereocenters. The van der Waals surface area contributed by atoms with Gasteiger partial charge in [0, 0.05) is 11.1 Å². The lowest BCUT2D eigenvalue weighted by Crippen LogP contribution is -2.42. The lowest BCUT2D eigenvalue weighted by molar-refractivity contribution is -0.119. The molecule has 0 saturated heterocycles. The van der Waals surface area contributed by atoms with E-state index in [1.165, 1.54) is 12.3 Å². The van der Waals surface area contributed by atoms with Gasteiger partial charge in [0.1, 0.15) is 5.69 Å². The summed E-state index contributed by atoms with van der Waals surface area (Å²) in [5.74, 6) is -0.180. The third-order valence-electron chi connectivity index (χ3n) is 4.08. The molecule has 2 heterocycles. The molecule has 0 aliphatic heterocycles. The molecule has 30 heavy (non-hydrogen) atoms. The smallest absolute Gasteiger partial charge is 0.305 e. The number of rotatable bonds is 6. The molecule has 0 saturated carbocycles. The zero-order valence-corrected chi connectivity index (χ0v) is 16.5. The fourth-order valence-electron chi connectivity index (χ4n) is 2.70. The van der Waals surface area contributed by atoms with Gasteiger partial charge in [-0.25, -0.2) is 4.98 Å². The molecule has 0 aliphatic carbocycles. The summed E-state index contributed by atoms with van der Waals surface area (Å²) in [6.07, 6.45) is 1.38. The Morgan fingerprint density at radius 1 is 0.867 bits per heavy atom. The lowest BCUT2D eigenvalue weighted by atomic mass is 10.1. The quantitative estimate of drug-likeness (QED) is 0.360. The minimum absolute atomic E-state index is 0.0153. The second-order valence-corrected chi connectivity index (χ2v) is 7.08. The number of nitrogens with zero attached hydrogens (tertiary/aromatic N) is 1. The number of furan rings is 1. The van der Waals surface area contributed by atoms with Crippen molar-refractivity contribution in [1.82, 2.24) is 15.8 Å². The number of oxazole rings is 1. The molecular weight excluding hydrogens is 402 g/mol. The predicted molar refractivity (Wildman–Crippen MR) is 112 cm³/mol. The predicted octanol–water partition coefficient (Wildman–Crippen LogP) is 4.15. The number of nitrogens with one attached hydrogen (secondary N) is 2. The van der Waals surface area contributed by atoms with Gasteiger partial charge in [-0.2, -0.15) is 0 Å². The van der Waals surface area contributed by atoms with Crippen LogP contribution in [0.4, 0.5) is 0 Å². The molecule has 4 rings (SSSR count). The maximum Gasteiger partial charge on any atom is 0.305 e. The minimum Gasteiger partial charge on any atom is -0.459 e. The van der Waals surface area contributed by atoms with Crippen molar-refractivity contribution >= 4 is 23.6 Å². The second kappa shape index (κ2) is 9.15. The van der Waals surface area contributed by atoms with Crippen molar-refractivity contribution in [1.29, 1.82) is 0 Å². The van der Waals surface area contributed by atoms with Crippen LogP contribution < -0.4 is 10.9 Å². The van der Waals surface area contributed by atoms with E-state index in [-0.39, 0.29) is 11.5 Å². The lowest BCUT2D eigenvalue weighted by Gasteiger charge is -2.04. The normalized spacial score (nSPS) is 10.5. The average molecular weight is 419 g/mol. The third-order valence-corrected chi connectivity index (χ3v) is 4.91. The van der Waals surface area contributed by atoms with Gasteiger partial charge in [-0.05, 0) is 12.1 Å². The van der Waals surface area contributed by atoms with Gasteiger partial charge in [0.05, 0.1) is 12.0 Å². The Hall–Kier alpha value is -3.78. The van der Waals surface area contributed by atoms with Crippen LogP contribution in [0.2, 0.25) is 0 Å². The van der Waals surface area contributed by atoms with E-state index < -0.39 is 11.8 Å². The topological polar surface area (TPSA) is 97.4 Å². The number of hydrazine groups is 1. The number of thioether (sulfide) groups is 1. The van der Waals surface area contributed by atoms with Gasteiger partial charge in [-0.1, -0.05) is 72.4 Å². The summed E-state index contributed by atoms with van der Waals surface area (Å²) >= 11 is 1.14. The third kappa shape index (κ3) is 4.61. The maximum atomic E-state index is 12.1. The van der Waals surface area contributed by atoms with Gasteiger partial charge in [-0.15, -0.1) is 0 Å². The van der Waals surface area contributed by atoms with Crippen LogP contribution in [0, 0.1) is 0 Å². The molecule has 2 aromatic carbocycles. The molecule has 7 nitrogen and oxygen atoms in total. The number of hydrogen-bond donors (Lipinski definition) is 2. The van der Waals surface area contributed by atoms with Gasteiger partial charge in [0.2, 0.25) is 5.91 Å². The molecule has 2 aromatic heterocycles. The highest BCUT2D eigenvalue weighted by Crippen LogP contribution is 2.35. The number of benzene rings is 2. The van der Waals surface area contributed by atoms with Crippen molar-refractivity contribution in [3.05, 3.63) is 84.8 Å². The highest BCUT2D eigenvalue weighted by Gasteiger charge is 2.18. The van der Waals surface area contributed by atoms with E-state index in [0.717, 1.165) is 22.9 Å². The van der Waals surface area contributed by atoms with Crippen LogP contribution in [0.25, 0.3) is 22.6 Å². The molecule has 2 N–H and O–H groups in total. The van der Waals surface area contributed by atoms with Crippen LogP contribution in [0.5, 0.6) is 0 Å². The van der Waals surface area contributed by atoms with Gasteiger partial charge in [0.25, 0.3) is 5.22 Å². The van der Waals surface area contributed by atoms with Crippen LogP contribution in [0.1, 0.15) is 10.6 Å². The highest BCUT2D eigenvalue weighted by molar-refractivity contribution is 7.99. The number of aromatic nitrogens is 1. The highest BCUT2D eigenvalue weighted by atomic mass is 32.2. The van der Waals surface area contributed by atoms with Crippen LogP contribution in [0.15, 0.2) is 93.1 Å². The molecule has 0 aliphatic rings. The Bertz CT molecular complexity index is 1070. The summed E-state index contributed by atoms with van der Waals surface area (Å²) in [6, 6.07) is 22.5. The molecule has 0 fully saturated rings. The van der Waals surface area contributed by atoms with Gasteiger partial charge in [-0.3, -0.25) is 20.4 Å². The van der Waals surface area contributed by atoms with E-state index in [1.807, 2.05) is 60.7 Å². The molecular formula is C22H17N3O4S. The average Bonchev–Trinajstić information content (AvgIpc) is 3.48. The van der Waals surface area contributed by atoms with Crippen molar-refractivity contribution in [3.63, 3.8) is 0 Å². The SMILES string of the molecule is O=C(CSc1nc(-c2ccccc2)c(-c2ccccc2)o1)NNC(=O)c1ccco1. The molecule has 2 amide bonds. The van der Waals surface area contributed by atoms with Crippen molar-refractivity contribution < 1.29 is 18.4 Å². The van der Waals surface area contributed by atoms with E-state index in [1.54, 1.807) is 6.07 Å². The number of amides is 2. The Morgan fingerprint density at radius 2 is 1.57 bits per heavy atom. The first-order valence-corrected chi connectivity index (χ1v) is 10.1. The van der Waals surface area contributed by atoms with E-state index in [0.29, 0.717) is 16.7 Å². The Labute approximate surface area is 176 Å². The van der Waals surface area contributed by atoms with Crippen LogP contribution in [-0.2, 0) is 4.79 Å². The number of hydrogen-bond acceptors (Lipinski definition) is 6. The van der Waals surface area contributed by atoms with Crippen LogP contribution >= 0.6 is 11.8 Å². The van der Waals surface area contributed by atoms with Crippen molar-refractivity contribution in [2.75, 3.05) is 5.75 Å². The van der Waals surface area contributed by atoms with Crippen LogP contribution in [0.3, 0.4) is 0 Å². The number of carbonyl (C=O) groups excluding carboxylic acids is 2. The summed E-state index contributed by atoms with van der Waals surface area (Å²) < 4.78 is 10.9. The van der Waals surface area contributed by atoms with Gasteiger partial charge in [0.15, 0.2) is 11.5 Å². The Kier molecular flexibility index (Phi) is 5.95. The zero-order valence-electron chi connectivity index (χ0n) is 15.7. The van der Waals surface area contributed by atoms with E-state index in [4.69, 9.17) is 8.83 Å². The first-order chi connectivity index (χ1) is 14.7. The molecule has 8 heteroatoms. The number of carbonyl (C=O) groups is 2. The summed E-state index contributed by atoms with van der Waals surface area (Å²) in [5, 5.41) is 0.361. The summed E-state index contributed by atoms with van der Waals surface area (Å²) in [5.41, 5.74) is 7.15. The Balaban J connectivity index is 1.45. The van der Waals surface area contributed by atoms with E-state index in [2.05, 4.69) is 15.8 Å². The molecule has 0 spiro atoms. The summed E-state index contributed by atoms with van der Waals surface area (Å²) in [6.45, 7) is 0. The molecule has 150 valence electrons. The van der Waals surface area contributed by atoms with Crippen molar-refractivity contribution in [2.24, 2.45) is 0 Å². The largest absolute Gasteiger partial charge is 0.459 e. The molecule has 0 unspecified atom stereocenters. The maximum absolute atomic E-state index is 12.1. The zero-order chi connectivity index (χ0) is 20.8. The monoisotopic (exact) mass is 419 g/mol. The first kappa shape index (κ1) is 19.5. The fourth-order valence-corrected chi connectivity index (χ4v) is 3.32. The fraction of sp³-hybridized carbons (Fsp3) is 0.0455. The summed E-state index contributed by atoms with van der Waals surface area (Å²) in [4.78, 5) is 28.4. The van der Waals surface area contributed by atoms with E-state index in [9.17, 15) is 9.59 Å². The van der Waals surface area contributed by atoms with Crippen molar-refractivity contribution in [2.45, 2.75) is 5.22 Å².